The van der Waals surface area contributed by atoms with Gasteiger partial charge in [0.25, 0.3) is 0 Å². The van der Waals surface area contributed by atoms with Gasteiger partial charge in [-0.25, -0.2) is 0 Å². The fourth-order valence-electron chi connectivity index (χ4n) is 3.02. The quantitative estimate of drug-likeness (QED) is 0.841. The Hall–Kier alpha value is -1.26. The molecule has 1 aromatic carbocycles. The first-order valence-electron chi connectivity index (χ1n) is 7.63. The number of anilines is 1. The summed E-state index contributed by atoms with van der Waals surface area (Å²) in [6.45, 7) is 4.06. The molecule has 0 bridgehead atoms. The minimum absolute atomic E-state index is 0.186. The molecule has 114 valence electrons. The third-order valence-electron chi connectivity index (χ3n) is 4.20. The van der Waals surface area contributed by atoms with Crippen LogP contribution in [0.1, 0.15) is 18.4 Å². The van der Waals surface area contributed by atoms with Crippen LogP contribution in [-0.4, -0.2) is 50.2 Å². The highest BCUT2D eigenvalue weighted by atomic mass is 35.5. The van der Waals surface area contributed by atoms with Crippen LogP contribution in [0.2, 0.25) is 5.02 Å². The molecule has 0 unspecified atom stereocenters. The van der Waals surface area contributed by atoms with Gasteiger partial charge in [0, 0.05) is 30.3 Å². The number of ether oxygens (including phenoxy) is 1. The maximum Gasteiger partial charge on any atom is 0.242 e. The number of morpholine rings is 1. The van der Waals surface area contributed by atoms with E-state index in [1.165, 1.54) is 5.56 Å². The summed E-state index contributed by atoms with van der Waals surface area (Å²) in [6.07, 6.45) is 3.34. The Morgan fingerprint density at radius 2 is 2.00 bits per heavy atom. The van der Waals surface area contributed by atoms with E-state index in [1.807, 2.05) is 17.0 Å². The lowest BCUT2D eigenvalue weighted by Crippen LogP contribution is -2.46. The molecule has 0 aliphatic carbocycles. The Balaban J connectivity index is 1.75. The summed E-state index contributed by atoms with van der Waals surface area (Å²) in [5, 5.41) is 0.736. The van der Waals surface area contributed by atoms with Gasteiger partial charge < -0.3 is 14.5 Å². The highest BCUT2D eigenvalue weighted by molar-refractivity contribution is 6.30. The Labute approximate surface area is 130 Å². The number of nitrogens with zero attached hydrogens (tertiary/aromatic N) is 2. The van der Waals surface area contributed by atoms with Crippen LogP contribution in [-0.2, 0) is 16.0 Å². The number of benzene rings is 1. The molecule has 2 aliphatic rings. The zero-order chi connectivity index (χ0) is 14.7. The third kappa shape index (κ3) is 3.50. The van der Waals surface area contributed by atoms with Gasteiger partial charge in [-0.1, -0.05) is 17.7 Å². The van der Waals surface area contributed by atoms with E-state index in [9.17, 15) is 4.79 Å². The molecular formula is C16H21ClN2O2. The molecule has 21 heavy (non-hydrogen) atoms. The van der Waals surface area contributed by atoms with Crippen molar-refractivity contribution in [3.63, 3.8) is 0 Å². The third-order valence-corrected chi connectivity index (χ3v) is 4.44. The first kappa shape index (κ1) is 14.7. The molecule has 0 saturated carbocycles. The second kappa shape index (κ2) is 6.67. The zero-order valence-corrected chi connectivity index (χ0v) is 12.9. The number of amides is 1. The molecule has 2 heterocycles. The first-order valence-corrected chi connectivity index (χ1v) is 8.01. The van der Waals surface area contributed by atoms with Gasteiger partial charge in [0.1, 0.15) is 0 Å². The lowest BCUT2D eigenvalue weighted by atomic mass is 10.1. The lowest BCUT2D eigenvalue weighted by Gasteiger charge is -2.31. The molecule has 0 radical (unpaired) electrons. The number of hydrogen-bond donors (Lipinski definition) is 0. The maximum absolute atomic E-state index is 12.5. The van der Waals surface area contributed by atoms with E-state index in [-0.39, 0.29) is 5.91 Å². The Kier molecular flexibility index (Phi) is 4.66. The fraction of sp³-hybridized carbons (Fsp3) is 0.562. The number of fused-ring (bicyclic) bond motifs is 1. The van der Waals surface area contributed by atoms with Crippen LogP contribution in [0.4, 0.5) is 5.69 Å². The summed E-state index contributed by atoms with van der Waals surface area (Å²) >= 11 is 6.14. The summed E-state index contributed by atoms with van der Waals surface area (Å²) < 4.78 is 5.31. The summed E-state index contributed by atoms with van der Waals surface area (Å²) in [5.41, 5.74) is 2.42. The van der Waals surface area contributed by atoms with E-state index in [2.05, 4.69) is 11.0 Å². The number of rotatable bonds is 2. The predicted molar refractivity (Wildman–Crippen MR) is 84.0 cm³/mol. The van der Waals surface area contributed by atoms with E-state index >= 15 is 0 Å². The molecule has 1 fully saturated rings. The number of halogens is 1. The largest absolute Gasteiger partial charge is 0.378 e. The Morgan fingerprint density at radius 1 is 1.19 bits per heavy atom. The molecule has 0 atom stereocenters. The number of aryl methyl sites for hydroxylation is 1. The van der Waals surface area contributed by atoms with Crippen LogP contribution in [0, 0.1) is 0 Å². The van der Waals surface area contributed by atoms with Crippen molar-refractivity contribution >= 4 is 23.2 Å². The molecule has 0 aromatic heterocycles. The summed E-state index contributed by atoms with van der Waals surface area (Å²) in [6, 6.07) is 6.03. The SMILES string of the molecule is O=C(CN1CCCCc2ccc(Cl)cc21)N1CCOCC1. The molecule has 1 saturated heterocycles. The van der Waals surface area contributed by atoms with Crippen molar-refractivity contribution in [1.29, 1.82) is 0 Å². The predicted octanol–water partition coefficient (Wildman–Crippen LogP) is 2.34. The van der Waals surface area contributed by atoms with Gasteiger partial charge in [0.15, 0.2) is 0 Å². The smallest absolute Gasteiger partial charge is 0.242 e. The van der Waals surface area contributed by atoms with Crippen LogP contribution < -0.4 is 4.90 Å². The van der Waals surface area contributed by atoms with Crippen molar-refractivity contribution in [3.05, 3.63) is 28.8 Å². The van der Waals surface area contributed by atoms with Crippen molar-refractivity contribution in [1.82, 2.24) is 4.90 Å². The Bertz CT molecular complexity index is 515. The van der Waals surface area contributed by atoms with Crippen molar-refractivity contribution in [2.24, 2.45) is 0 Å². The van der Waals surface area contributed by atoms with E-state index in [1.54, 1.807) is 0 Å². The zero-order valence-electron chi connectivity index (χ0n) is 12.2. The van der Waals surface area contributed by atoms with Crippen LogP contribution in [0.5, 0.6) is 0 Å². The molecular weight excluding hydrogens is 288 g/mol. The minimum atomic E-state index is 0.186. The second-order valence-corrected chi connectivity index (χ2v) is 6.08. The van der Waals surface area contributed by atoms with E-state index in [0.717, 1.165) is 36.5 Å². The van der Waals surface area contributed by atoms with Crippen molar-refractivity contribution in [3.8, 4) is 0 Å². The van der Waals surface area contributed by atoms with Crippen LogP contribution in [0.25, 0.3) is 0 Å². The highest BCUT2D eigenvalue weighted by Gasteiger charge is 2.22. The van der Waals surface area contributed by atoms with Gasteiger partial charge in [-0.15, -0.1) is 0 Å². The van der Waals surface area contributed by atoms with Crippen LogP contribution in [0.3, 0.4) is 0 Å². The van der Waals surface area contributed by atoms with Gasteiger partial charge in [-0.3, -0.25) is 4.79 Å². The first-order chi connectivity index (χ1) is 10.2. The van der Waals surface area contributed by atoms with Gasteiger partial charge >= 0.3 is 0 Å². The van der Waals surface area contributed by atoms with Crippen molar-refractivity contribution < 1.29 is 9.53 Å². The minimum Gasteiger partial charge on any atom is -0.378 e. The molecule has 1 amide bonds. The topological polar surface area (TPSA) is 32.8 Å². The van der Waals surface area contributed by atoms with Crippen molar-refractivity contribution in [2.75, 3.05) is 44.3 Å². The van der Waals surface area contributed by atoms with Gasteiger partial charge in [0.2, 0.25) is 5.91 Å². The molecule has 4 nitrogen and oxygen atoms in total. The summed E-state index contributed by atoms with van der Waals surface area (Å²) in [5.74, 6) is 0.186. The second-order valence-electron chi connectivity index (χ2n) is 5.64. The van der Waals surface area contributed by atoms with Gasteiger partial charge in [0.05, 0.1) is 19.8 Å². The summed E-state index contributed by atoms with van der Waals surface area (Å²) in [7, 11) is 0. The molecule has 0 N–H and O–H groups in total. The normalized spacial score (nSPS) is 19.1. The number of carbonyl (C=O) groups excluding carboxylic acids is 1. The van der Waals surface area contributed by atoms with Gasteiger partial charge in [-0.2, -0.15) is 0 Å². The Morgan fingerprint density at radius 3 is 2.81 bits per heavy atom. The monoisotopic (exact) mass is 308 g/mol. The van der Waals surface area contributed by atoms with E-state index in [4.69, 9.17) is 16.3 Å². The average molecular weight is 309 g/mol. The standard InChI is InChI=1S/C16H21ClN2O2/c17-14-5-4-13-3-1-2-6-19(15(13)11-14)12-16(20)18-7-9-21-10-8-18/h4-5,11H,1-3,6-10,12H2. The molecule has 5 heteroatoms. The van der Waals surface area contributed by atoms with Gasteiger partial charge in [-0.05, 0) is 37.0 Å². The van der Waals surface area contributed by atoms with Crippen molar-refractivity contribution in [2.45, 2.75) is 19.3 Å². The van der Waals surface area contributed by atoms with Crippen LogP contribution >= 0.6 is 11.6 Å². The maximum atomic E-state index is 12.5. The molecule has 0 spiro atoms. The number of hydrogen-bond acceptors (Lipinski definition) is 3. The van der Waals surface area contributed by atoms with E-state index < -0.39 is 0 Å². The molecule has 1 aromatic rings. The molecule has 2 aliphatic heterocycles. The van der Waals surface area contributed by atoms with E-state index in [0.29, 0.717) is 32.8 Å². The lowest BCUT2D eigenvalue weighted by molar-refractivity contribution is -0.133. The summed E-state index contributed by atoms with van der Waals surface area (Å²) in [4.78, 5) is 16.6. The average Bonchev–Trinajstić information content (AvgIpc) is 2.70. The number of carbonyl (C=O) groups is 1. The fourth-order valence-corrected chi connectivity index (χ4v) is 3.19. The van der Waals surface area contributed by atoms with Crippen LogP contribution in [0.15, 0.2) is 18.2 Å². The molecule has 3 rings (SSSR count). The highest BCUT2D eigenvalue weighted by Crippen LogP contribution is 2.29.